The minimum atomic E-state index is -2.73. The van der Waals surface area contributed by atoms with Crippen molar-refractivity contribution in [3.63, 3.8) is 0 Å². The smallest absolute Gasteiger partial charge is 0.179 e. The molecule has 0 saturated carbocycles. The van der Waals surface area contributed by atoms with E-state index in [4.69, 9.17) is 0 Å². The molecule has 1 aromatic heterocycles. The van der Waals surface area contributed by atoms with Crippen LogP contribution in [0.5, 0.6) is 0 Å². The van der Waals surface area contributed by atoms with Gasteiger partial charge in [0.1, 0.15) is 0 Å². The molecule has 0 radical (unpaired) electrons. The lowest BCUT2D eigenvalue weighted by atomic mass is 10.00. The molecule has 0 amide bonds. The third-order valence-corrected chi connectivity index (χ3v) is 17.1. The van der Waals surface area contributed by atoms with E-state index >= 15 is 0 Å². The van der Waals surface area contributed by atoms with Crippen LogP contribution in [0.25, 0.3) is 49.4 Å². The van der Waals surface area contributed by atoms with Gasteiger partial charge in [-0.05, 0) is 103 Å². The van der Waals surface area contributed by atoms with Gasteiger partial charge < -0.3 is 9.47 Å². The van der Waals surface area contributed by atoms with Crippen LogP contribution in [0.4, 0.5) is 17.1 Å². The van der Waals surface area contributed by atoms with Crippen molar-refractivity contribution in [1.82, 2.24) is 4.57 Å². The molecule has 61 heavy (non-hydrogen) atoms. The molecular formula is C58H42N2Si. The summed E-state index contributed by atoms with van der Waals surface area (Å²) >= 11 is 0. The first-order valence-electron chi connectivity index (χ1n) is 21.0. The summed E-state index contributed by atoms with van der Waals surface area (Å²) in [5.41, 5.74) is 9.18. The maximum absolute atomic E-state index is 2.73. The van der Waals surface area contributed by atoms with Crippen LogP contribution in [0, 0.1) is 0 Å². The molecule has 0 atom stereocenters. The minimum Gasteiger partial charge on any atom is -0.310 e. The summed E-state index contributed by atoms with van der Waals surface area (Å²) in [5.74, 6) is 0. The van der Waals surface area contributed by atoms with Gasteiger partial charge in [0.2, 0.25) is 0 Å². The molecule has 288 valence electrons. The fourth-order valence-electron chi connectivity index (χ4n) is 9.59. The maximum Gasteiger partial charge on any atom is 0.179 e. The Morgan fingerprint density at radius 1 is 0.328 bits per heavy atom. The van der Waals surface area contributed by atoms with Crippen molar-refractivity contribution in [2.45, 2.75) is 0 Å². The summed E-state index contributed by atoms with van der Waals surface area (Å²) < 4.78 is 2.40. The van der Waals surface area contributed by atoms with Crippen LogP contribution >= 0.6 is 0 Å². The molecule has 11 aromatic rings. The average Bonchev–Trinajstić information content (AvgIpc) is 3.69. The molecule has 3 heteroatoms. The second kappa shape index (κ2) is 15.5. The Hall–Kier alpha value is -7.72. The maximum atomic E-state index is 2.47. The van der Waals surface area contributed by atoms with E-state index in [0.29, 0.717) is 0 Å². The largest absolute Gasteiger partial charge is 0.310 e. The van der Waals surface area contributed by atoms with E-state index < -0.39 is 8.07 Å². The van der Waals surface area contributed by atoms with Crippen LogP contribution in [0.2, 0.25) is 0 Å². The molecule has 11 rings (SSSR count). The molecule has 0 N–H and O–H groups in total. The Morgan fingerprint density at radius 3 is 1.52 bits per heavy atom. The third-order valence-electron chi connectivity index (χ3n) is 12.3. The highest BCUT2D eigenvalue weighted by atomic mass is 28.3. The second-order valence-electron chi connectivity index (χ2n) is 15.7. The first kappa shape index (κ1) is 36.4. The molecule has 0 unspecified atom stereocenters. The van der Waals surface area contributed by atoms with Crippen molar-refractivity contribution >= 4 is 78.5 Å². The number of benzene rings is 10. The zero-order valence-electron chi connectivity index (χ0n) is 33.6. The number of hydrogen-bond donors (Lipinski definition) is 0. The Kier molecular flexibility index (Phi) is 9.22. The highest BCUT2D eigenvalue weighted by Crippen LogP contribution is 2.44. The Labute approximate surface area is 357 Å². The summed E-state index contributed by atoms with van der Waals surface area (Å²) in [6.07, 6.45) is 0. The molecule has 0 spiro atoms. The molecule has 0 saturated heterocycles. The lowest BCUT2D eigenvalue weighted by molar-refractivity contribution is 1.18. The van der Waals surface area contributed by atoms with E-state index in [9.17, 15) is 0 Å². The molecule has 1 heterocycles. The second-order valence-corrected chi connectivity index (χ2v) is 19.5. The van der Waals surface area contributed by atoms with Gasteiger partial charge in [-0.1, -0.05) is 194 Å². The van der Waals surface area contributed by atoms with E-state index in [1.165, 1.54) is 64.5 Å². The number of nitrogens with zero attached hydrogens (tertiary/aromatic N) is 2. The van der Waals surface area contributed by atoms with Crippen molar-refractivity contribution in [3.8, 4) is 16.8 Å². The molecule has 0 aliphatic heterocycles. The van der Waals surface area contributed by atoms with Gasteiger partial charge >= 0.3 is 0 Å². The highest BCUT2D eigenvalue weighted by molar-refractivity contribution is 7.19. The fraction of sp³-hybridized carbons (Fsp3) is 0. The SMILES string of the molecule is c1ccc(-n2c3ccccc3c3c(N(c4ccc([Si](c5ccccc5)(c5ccccc5)c5ccccc5)cc4)c4cccc(-c5ccc6ccccc6c5)c4)cccc32)cc1. The predicted molar refractivity (Wildman–Crippen MR) is 262 cm³/mol. The standard InChI is InChI=1S/C58H42N2Si/c1-5-22-47(23-6-1)60-55-32-16-15-31-54(55)58-56(33-18-34-57(58)60)59(49-24-17-21-45(42-49)46-36-35-43-19-13-14-20-44(43)41-46)48-37-39-53(40-38-48)61(50-25-7-2-8-26-50,51-27-9-3-10-28-51)52-29-11-4-12-30-52/h1-42H. The van der Waals surface area contributed by atoms with Crippen molar-refractivity contribution in [2.75, 3.05) is 4.90 Å². The number of para-hydroxylation sites is 2. The third kappa shape index (κ3) is 6.26. The van der Waals surface area contributed by atoms with Gasteiger partial charge in [-0.3, -0.25) is 0 Å². The molecule has 2 nitrogen and oxygen atoms in total. The van der Waals surface area contributed by atoms with Gasteiger partial charge in [-0.2, -0.15) is 0 Å². The highest BCUT2D eigenvalue weighted by Gasteiger charge is 2.41. The van der Waals surface area contributed by atoms with E-state index in [0.717, 1.165) is 22.7 Å². The summed E-state index contributed by atoms with van der Waals surface area (Å²) in [4.78, 5) is 2.47. The molecule has 0 aliphatic carbocycles. The van der Waals surface area contributed by atoms with Crippen LogP contribution in [-0.4, -0.2) is 12.6 Å². The quantitative estimate of drug-likeness (QED) is 0.104. The van der Waals surface area contributed by atoms with Crippen LogP contribution in [0.3, 0.4) is 0 Å². The Morgan fingerprint density at radius 2 is 0.852 bits per heavy atom. The van der Waals surface area contributed by atoms with Crippen molar-refractivity contribution in [1.29, 1.82) is 0 Å². The van der Waals surface area contributed by atoms with Crippen LogP contribution < -0.4 is 25.6 Å². The fourth-order valence-corrected chi connectivity index (χ4v) is 14.3. The summed E-state index contributed by atoms with van der Waals surface area (Å²) in [7, 11) is -2.73. The van der Waals surface area contributed by atoms with Crippen molar-refractivity contribution < 1.29 is 0 Å². The molecule has 0 bridgehead atoms. The predicted octanol–water partition coefficient (Wildman–Crippen LogP) is 12.5. The van der Waals surface area contributed by atoms with Gasteiger partial charge in [-0.15, -0.1) is 0 Å². The molecule has 10 aromatic carbocycles. The van der Waals surface area contributed by atoms with Crippen LogP contribution in [0.15, 0.2) is 255 Å². The summed E-state index contributed by atoms with van der Waals surface area (Å²) in [5, 5.41) is 10.3. The normalized spacial score (nSPS) is 11.6. The number of anilines is 3. The van der Waals surface area contributed by atoms with E-state index in [-0.39, 0.29) is 0 Å². The van der Waals surface area contributed by atoms with Gasteiger partial charge in [-0.25, -0.2) is 0 Å². The first-order valence-corrected chi connectivity index (χ1v) is 23.0. The topological polar surface area (TPSA) is 8.17 Å². The van der Waals surface area contributed by atoms with Gasteiger partial charge in [0.05, 0.1) is 16.7 Å². The molecule has 0 aliphatic rings. The van der Waals surface area contributed by atoms with Crippen molar-refractivity contribution in [3.05, 3.63) is 255 Å². The van der Waals surface area contributed by atoms with E-state index in [2.05, 4.69) is 264 Å². The number of rotatable bonds is 9. The van der Waals surface area contributed by atoms with Crippen molar-refractivity contribution in [2.24, 2.45) is 0 Å². The van der Waals surface area contributed by atoms with Gasteiger partial charge in [0, 0.05) is 27.8 Å². The van der Waals surface area contributed by atoms with Crippen LogP contribution in [0.1, 0.15) is 0 Å². The molecule has 0 fully saturated rings. The van der Waals surface area contributed by atoms with E-state index in [1.54, 1.807) is 0 Å². The Bertz CT molecular complexity index is 3190. The minimum absolute atomic E-state index is 1.10. The Balaban J connectivity index is 1.15. The zero-order valence-corrected chi connectivity index (χ0v) is 34.6. The molecular weight excluding hydrogens is 753 g/mol. The van der Waals surface area contributed by atoms with Gasteiger partial charge in [0.25, 0.3) is 0 Å². The summed E-state index contributed by atoms with van der Waals surface area (Å²) in [6, 6.07) is 93.7. The summed E-state index contributed by atoms with van der Waals surface area (Å²) in [6.45, 7) is 0. The van der Waals surface area contributed by atoms with Crippen LogP contribution in [-0.2, 0) is 0 Å². The number of hydrogen-bond acceptors (Lipinski definition) is 1. The zero-order chi connectivity index (χ0) is 40.6. The lowest BCUT2D eigenvalue weighted by Crippen LogP contribution is -2.74. The monoisotopic (exact) mass is 794 g/mol. The first-order chi connectivity index (χ1) is 30.3. The number of fused-ring (bicyclic) bond motifs is 4. The van der Waals surface area contributed by atoms with E-state index in [1.807, 2.05) is 0 Å². The lowest BCUT2D eigenvalue weighted by Gasteiger charge is -2.35. The van der Waals surface area contributed by atoms with Gasteiger partial charge in [0.15, 0.2) is 8.07 Å². The number of aromatic nitrogens is 1. The average molecular weight is 795 g/mol.